The quantitative estimate of drug-likeness (QED) is 0.854. The molecule has 0 aliphatic heterocycles. The van der Waals surface area contributed by atoms with Crippen LogP contribution in [-0.4, -0.2) is 31.1 Å². The van der Waals surface area contributed by atoms with E-state index in [2.05, 4.69) is 5.32 Å². The second kappa shape index (κ2) is 5.39. The van der Waals surface area contributed by atoms with E-state index in [4.69, 9.17) is 4.74 Å². The Kier molecular flexibility index (Phi) is 4.17. The topological polar surface area (TPSA) is 41.6 Å². The summed E-state index contributed by atoms with van der Waals surface area (Å²) in [4.78, 5) is 13.3. The van der Waals surface area contributed by atoms with Crippen LogP contribution in [0.2, 0.25) is 0 Å². The lowest BCUT2D eigenvalue weighted by atomic mass is 10.3. The Morgan fingerprint density at radius 3 is 2.31 bits per heavy atom. The van der Waals surface area contributed by atoms with E-state index in [1.807, 2.05) is 38.1 Å². The molecule has 0 unspecified atom stereocenters. The van der Waals surface area contributed by atoms with Crippen LogP contribution in [0.3, 0.4) is 0 Å². The molecular formula is C12H18N2O2. The van der Waals surface area contributed by atoms with E-state index in [1.165, 1.54) is 0 Å². The standard InChI is InChI=1S/C12H18N2O2/c1-9(2)14(3)12(15)13-10-5-7-11(16-4)8-6-10/h5-9H,1-4H3,(H,13,15). The van der Waals surface area contributed by atoms with E-state index in [0.717, 1.165) is 11.4 Å². The molecule has 1 aromatic carbocycles. The highest BCUT2D eigenvalue weighted by molar-refractivity contribution is 5.89. The number of urea groups is 1. The normalized spacial score (nSPS) is 10.1. The molecule has 2 amide bonds. The van der Waals surface area contributed by atoms with Crippen molar-refractivity contribution in [2.75, 3.05) is 19.5 Å². The smallest absolute Gasteiger partial charge is 0.321 e. The summed E-state index contributed by atoms with van der Waals surface area (Å²) in [6.07, 6.45) is 0. The Morgan fingerprint density at radius 2 is 1.88 bits per heavy atom. The highest BCUT2D eigenvalue weighted by atomic mass is 16.5. The van der Waals surface area contributed by atoms with Crippen LogP contribution >= 0.6 is 0 Å². The number of rotatable bonds is 3. The summed E-state index contributed by atoms with van der Waals surface area (Å²) in [7, 11) is 3.38. The molecule has 16 heavy (non-hydrogen) atoms. The Balaban J connectivity index is 2.62. The Morgan fingerprint density at radius 1 is 1.31 bits per heavy atom. The van der Waals surface area contributed by atoms with Crippen LogP contribution in [-0.2, 0) is 0 Å². The largest absolute Gasteiger partial charge is 0.497 e. The molecule has 4 heteroatoms. The van der Waals surface area contributed by atoms with Gasteiger partial charge < -0.3 is 15.0 Å². The molecule has 0 heterocycles. The van der Waals surface area contributed by atoms with Crippen LogP contribution < -0.4 is 10.1 Å². The molecule has 0 spiro atoms. The number of hydrogen-bond acceptors (Lipinski definition) is 2. The lowest BCUT2D eigenvalue weighted by Crippen LogP contribution is -2.36. The monoisotopic (exact) mass is 222 g/mol. The number of hydrogen-bond donors (Lipinski definition) is 1. The molecule has 0 aliphatic rings. The molecule has 4 nitrogen and oxygen atoms in total. The van der Waals surface area contributed by atoms with E-state index in [9.17, 15) is 4.79 Å². The molecule has 1 aromatic rings. The highest BCUT2D eigenvalue weighted by Crippen LogP contribution is 2.15. The van der Waals surface area contributed by atoms with Crippen LogP contribution in [0.25, 0.3) is 0 Å². The lowest BCUT2D eigenvalue weighted by molar-refractivity contribution is 0.211. The van der Waals surface area contributed by atoms with Crippen molar-refractivity contribution in [3.05, 3.63) is 24.3 Å². The van der Waals surface area contributed by atoms with Gasteiger partial charge in [-0.3, -0.25) is 0 Å². The van der Waals surface area contributed by atoms with Gasteiger partial charge in [0.2, 0.25) is 0 Å². The van der Waals surface area contributed by atoms with Gasteiger partial charge in [-0.2, -0.15) is 0 Å². The van der Waals surface area contributed by atoms with E-state index in [1.54, 1.807) is 19.1 Å². The third kappa shape index (κ3) is 3.15. The van der Waals surface area contributed by atoms with Gasteiger partial charge in [0.05, 0.1) is 7.11 Å². The third-order valence-corrected chi connectivity index (χ3v) is 2.44. The van der Waals surface area contributed by atoms with Crippen molar-refractivity contribution in [3.8, 4) is 5.75 Å². The van der Waals surface area contributed by atoms with E-state index >= 15 is 0 Å². The maximum Gasteiger partial charge on any atom is 0.321 e. The Labute approximate surface area is 96.2 Å². The van der Waals surface area contributed by atoms with Crippen molar-refractivity contribution in [2.24, 2.45) is 0 Å². The Hall–Kier alpha value is -1.71. The fourth-order valence-corrected chi connectivity index (χ4v) is 1.12. The molecule has 0 atom stereocenters. The number of carbonyl (C=O) groups excluding carboxylic acids is 1. The number of carbonyl (C=O) groups is 1. The zero-order valence-electron chi connectivity index (χ0n) is 10.2. The molecule has 0 saturated carbocycles. The van der Waals surface area contributed by atoms with Crippen LogP contribution in [0.4, 0.5) is 10.5 Å². The van der Waals surface area contributed by atoms with Gasteiger partial charge >= 0.3 is 6.03 Å². The predicted octanol–water partition coefficient (Wildman–Crippen LogP) is 2.57. The first-order valence-electron chi connectivity index (χ1n) is 5.22. The third-order valence-electron chi connectivity index (χ3n) is 2.44. The number of amides is 2. The number of methoxy groups -OCH3 is 1. The van der Waals surface area contributed by atoms with Crippen molar-refractivity contribution in [1.29, 1.82) is 0 Å². The number of benzene rings is 1. The van der Waals surface area contributed by atoms with Crippen molar-refractivity contribution in [1.82, 2.24) is 4.90 Å². The van der Waals surface area contributed by atoms with Gasteiger partial charge in [0.1, 0.15) is 5.75 Å². The number of anilines is 1. The SMILES string of the molecule is COc1ccc(NC(=O)N(C)C(C)C)cc1. The zero-order valence-corrected chi connectivity index (χ0v) is 10.2. The van der Waals surface area contributed by atoms with Gasteiger partial charge in [-0.25, -0.2) is 4.79 Å². The predicted molar refractivity (Wildman–Crippen MR) is 64.9 cm³/mol. The fourth-order valence-electron chi connectivity index (χ4n) is 1.12. The molecule has 0 bridgehead atoms. The van der Waals surface area contributed by atoms with Gasteiger partial charge in [-0.1, -0.05) is 0 Å². The number of ether oxygens (including phenoxy) is 1. The summed E-state index contributed by atoms with van der Waals surface area (Å²) in [5, 5.41) is 2.81. The van der Waals surface area contributed by atoms with Gasteiger partial charge in [-0.05, 0) is 38.1 Å². The first-order valence-corrected chi connectivity index (χ1v) is 5.22. The van der Waals surface area contributed by atoms with Gasteiger partial charge in [-0.15, -0.1) is 0 Å². The summed E-state index contributed by atoms with van der Waals surface area (Å²) in [6.45, 7) is 3.93. The average molecular weight is 222 g/mol. The second-order valence-electron chi connectivity index (χ2n) is 3.86. The molecule has 0 aromatic heterocycles. The highest BCUT2D eigenvalue weighted by Gasteiger charge is 2.11. The average Bonchev–Trinajstić information content (AvgIpc) is 2.28. The van der Waals surface area contributed by atoms with Gasteiger partial charge in [0.15, 0.2) is 0 Å². The molecule has 0 aliphatic carbocycles. The summed E-state index contributed by atoms with van der Waals surface area (Å²) >= 11 is 0. The van der Waals surface area contributed by atoms with Crippen molar-refractivity contribution >= 4 is 11.7 Å². The van der Waals surface area contributed by atoms with Crippen LogP contribution in [0.5, 0.6) is 5.75 Å². The minimum atomic E-state index is -0.111. The minimum absolute atomic E-state index is 0.111. The van der Waals surface area contributed by atoms with E-state index in [-0.39, 0.29) is 12.1 Å². The maximum atomic E-state index is 11.7. The molecule has 1 N–H and O–H groups in total. The zero-order chi connectivity index (χ0) is 12.1. The summed E-state index contributed by atoms with van der Waals surface area (Å²) < 4.78 is 5.04. The van der Waals surface area contributed by atoms with E-state index < -0.39 is 0 Å². The Bertz CT molecular complexity index is 347. The van der Waals surface area contributed by atoms with E-state index in [0.29, 0.717) is 0 Å². The van der Waals surface area contributed by atoms with Crippen LogP contribution in [0, 0.1) is 0 Å². The molecule has 1 rings (SSSR count). The lowest BCUT2D eigenvalue weighted by Gasteiger charge is -2.21. The van der Waals surface area contributed by atoms with Crippen molar-refractivity contribution in [3.63, 3.8) is 0 Å². The first-order chi connectivity index (χ1) is 7.54. The van der Waals surface area contributed by atoms with Crippen LogP contribution in [0.15, 0.2) is 24.3 Å². The first kappa shape index (κ1) is 12.4. The van der Waals surface area contributed by atoms with Crippen LogP contribution in [0.1, 0.15) is 13.8 Å². The fraction of sp³-hybridized carbons (Fsp3) is 0.417. The summed E-state index contributed by atoms with van der Waals surface area (Å²) in [6, 6.07) is 7.31. The molecule has 0 radical (unpaired) electrons. The summed E-state index contributed by atoms with van der Waals surface area (Å²) in [5.41, 5.74) is 0.762. The second-order valence-corrected chi connectivity index (χ2v) is 3.86. The number of nitrogens with zero attached hydrogens (tertiary/aromatic N) is 1. The maximum absolute atomic E-state index is 11.7. The van der Waals surface area contributed by atoms with Gasteiger partial charge in [0.25, 0.3) is 0 Å². The molecule has 0 fully saturated rings. The molecule has 0 saturated heterocycles. The summed E-state index contributed by atoms with van der Waals surface area (Å²) in [5.74, 6) is 0.773. The van der Waals surface area contributed by atoms with Crippen molar-refractivity contribution in [2.45, 2.75) is 19.9 Å². The minimum Gasteiger partial charge on any atom is -0.497 e. The molecule has 88 valence electrons. The number of nitrogens with one attached hydrogen (secondary N) is 1. The van der Waals surface area contributed by atoms with Crippen molar-refractivity contribution < 1.29 is 9.53 Å². The molecular weight excluding hydrogens is 204 g/mol. The van der Waals surface area contributed by atoms with Gasteiger partial charge in [0, 0.05) is 18.8 Å².